The molecule has 1 aliphatic heterocycles. The van der Waals surface area contributed by atoms with Crippen molar-refractivity contribution in [2.24, 2.45) is 0 Å². The summed E-state index contributed by atoms with van der Waals surface area (Å²) in [7, 11) is 1.63. The molecule has 0 bridgehead atoms. The molecule has 1 aliphatic rings. The molecule has 0 N–H and O–H groups in total. The molecule has 0 atom stereocenters. The Morgan fingerprint density at radius 3 is 3.11 bits per heavy atom. The second kappa shape index (κ2) is 6.29. The number of halogens is 1. The van der Waals surface area contributed by atoms with Crippen molar-refractivity contribution in [3.05, 3.63) is 47.5 Å². The molecule has 27 heavy (non-hydrogen) atoms. The molecule has 4 aromatic rings. The van der Waals surface area contributed by atoms with E-state index in [4.69, 9.17) is 20.9 Å². The maximum atomic E-state index is 6.21. The van der Waals surface area contributed by atoms with Crippen LogP contribution in [0.4, 0.5) is 0 Å². The molecule has 0 amide bonds. The van der Waals surface area contributed by atoms with Crippen molar-refractivity contribution in [3.63, 3.8) is 0 Å². The van der Waals surface area contributed by atoms with Crippen LogP contribution in [0, 0.1) is 0 Å². The quantitative estimate of drug-likeness (QED) is 0.470. The third-order valence-corrected chi connectivity index (χ3v) is 4.68. The molecule has 3 aromatic heterocycles. The summed E-state index contributed by atoms with van der Waals surface area (Å²) in [6.45, 7) is 0.984. The van der Waals surface area contributed by atoms with Gasteiger partial charge in [0.25, 0.3) is 0 Å². The van der Waals surface area contributed by atoms with Gasteiger partial charge in [0.1, 0.15) is 18.3 Å². The van der Waals surface area contributed by atoms with Crippen LogP contribution < -0.4 is 0 Å². The summed E-state index contributed by atoms with van der Waals surface area (Å²) in [5.41, 5.74) is 3.34. The lowest BCUT2D eigenvalue weighted by Gasteiger charge is -2.08. The van der Waals surface area contributed by atoms with E-state index in [1.165, 1.54) is 6.33 Å². The number of nitrogens with zero attached hydrogens (tertiary/aromatic N) is 7. The molecule has 5 rings (SSSR count). The second-order valence-electron chi connectivity index (χ2n) is 6.07. The fraction of sp³-hybridized carbons (Fsp3) is 0.235. The number of benzene rings is 1. The van der Waals surface area contributed by atoms with Crippen LogP contribution in [0.3, 0.4) is 0 Å². The predicted molar refractivity (Wildman–Crippen MR) is 95.6 cm³/mol. The zero-order valence-corrected chi connectivity index (χ0v) is 15.1. The number of ether oxygens (including phenoxy) is 1. The van der Waals surface area contributed by atoms with E-state index >= 15 is 0 Å². The summed E-state index contributed by atoms with van der Waals surface area (Å²) < 4.78 is 14.2. The van der Waals surface area contributed by atoms with Crippen LogP contribution in [0.1, 0.15) is 11.6 Å². The smallest absolute Gasteiger partial charge is 0.229 e. The van der Waals surface area contributed by atoms with Gasteiger partial charge in [0.15, 0.2) is 5.82 Å². The van der Waals surface area contributed by atoms with E-state index in [2.05, 4.69) is 25.2 Å². The molecule has 0 radical (unpaired) electrons. The first-order valence-corrected chi connectivity index (χ1v) is 8.68. The minimum absolute atomic E-state index is 0.439. The van der Waals surface area contributed by atoms with Crippen LogP contribution in [-0.2, 0) is 17.7 Å². The van der Waals surface area contributed by atoms with Gasteiger partial charge in [-0.25, -0.2) is 14.6 Å². The first-order valence-electron chi connectivity index (χ1n) is 8.31. The average Bonchev–Trinajstić information content (AvgIpc) is 3.39. The standard InChI is InChI=1S/C17H14ClN7O2/c1-26-5-4-14-22-16(23-27-14)15-13-7-25-17(19-8-21-25)11-6-10(18)2-3-12(11)24(13)9-20-15/h2-3,6,8-9H,4-5,7H2,1H3. The maximum absolute atomic E-state index is 6.21. The number of hydrogen-bond donors (Lipinski definition) is 0. The lowest BCUT2D eigenvalue weighted by molar-refractivity contribution is 0.192. The lowest BCUT2D eigenvalue weighted by atomic mass is 10.1. The third kappa shape index (κ3) is 2.63. The molecular formula is C17H14ClN7O2. The molecular weight excluding hydrogens is 370 g/mol. The summed E-state index contributed by atoms with van der Waals surface area (Å²) in [4.78, 5) is 13.4. The SMILES string of the molecule is COCCc1nc(-c2ncn3c2Cn2ncnc2-c2cc(Cl)ccc2-3)no1. The molecule has 10 heteroatoms. The summed E-state index contributed by atoms with van der Waals surface area (Å²) in [6, 6.07) is 5.66. The fourth-order valence-electron chi connectivity index (χ4n) is 3.19. The Morgan fingerprint density at radius 1 is 1.30 bits per heavy atom. The highest BCUT2D eigenvalue weighted by Gasteiger charge is 2.26. The largest absolute Gasteiger partial charge is 0.384 e. The molecule has 9 nitrogen and oxygen atoms in total. The first kappa shape index (κ1) is 16.2. The van der Waals surface area contributed by atoms with E-state index in [0.717, 1.165) is 22.8 Å². The number of hydrogen-bond acceptors (Lipinski definition) is 7. The molecule has 0 saturated carbocycles. The Morgan fingerprint density at radius 2 is 2.22 bits per heavy atom. The number of methoxy groups -OCH3 is 1. The monoisotopic (exact) mass is 383 g/mol. The van der Waals surface area contributed by atoms with Crippen LogP contribution >= 0.6 is 11.6 Å². The van der Waals surface area contributed by atoms with E-state index in [1.807, 2.05) is 27.4 Å². The van der Waals surface area contributed by atoms with Gasteiger partial charge in [-0.15, -0.1) is 0 Å². The van der Waals surface area contributed by atoms with Gasteiger partial charge < -0.3 is 9.26 Å². The van der Waals surface area contributed by atoms with Crippen LogP contribution in [0.2, 0.25) is 5.02 Å². The zero-order valence-electron chi connectivity index (χ0n) is 14.3. The third-order valence-electron chi connectivity index (χ3n) is 4.44. The van der Waals surface area contributed by atoms with Gasteiger partial charge in [-0.2, -0.15) is 10.1 Å². The van der Waals surface area contributed by atoms with E-state index in [0.29, 0.717) is 42.0 Å². The highest BCUT2D eigenvalue weighted by molar-refractivity contribution is 6.31. The van der Waals surface area contributed by atoms with E-state index in [9.17, 15) is 0 Å². The molecule has 0 aliphatic carbocycles. The van der Waals surface area contributed by atoms with Gasteiger partial charge in [-0.1, -0.05) is 16.8 Å². The zero-order chi connectivity index (χ0) is 18.4. The van der Waals surface area contributed by atoms with Crippen molar-refractivity contribution in [1.29, 1.82) is 0 Å². The Labute approximate surface area is 158 Å². The highest BCUT2D eigenvalue weighted by atomic mass is 35.5. The lowest BCUT2D eigenvalue weighted by Crippen LogP contribution is -2.06. The fourth-order valence-corrected chi connectivity index (χ4v) is 3.36. The van der Waals surface area contributed by atoms with Gasteiger partial charge in [-0.3, -0.25) is 4.57 Å². The van der Waals surface area contributed by atoms with Crippen LogP contribution in [0.15, 0.2) is 35.4 Å². The maximum Gasteiger partial charge on any atom is 0.229 e. The minimum atomic E-state index is 0.439. The molecule has 4 heterocycles. The summed E-state index contributed by atoms with van der Waals surface area (Å²) in [6.07, 6.45) is 3.83. The van der Waals surface area contributed by atoms with E-state index in [1.54, 1.807) is 13.4 Å². The van der Waals surface area contributed by atoms with Crippen molar-refractivity contribution >= 4 is 11.6 Å². The number of aromatic nitrogens is 7. The van der Waals surface area contributed by atoms with Crippen LogP contribution in [0.5, 0.6) is 0 Å². The first-order chi connectivity index (χ1) is 13.2. The highest BCUT2D eigenvalue weighted by Crippen LogP contribution is 2.34. The minimum Gasteiger partial charge on any atom is -0.384 e. The number of fused-ring (bicyclic) bond motifs is 5. The molecule has 0 saturated heterocycles. The topological polar surface area (TPSA) is 96.7 Å². The Hall–Kier alpha value is -3.04. The number of imidazole rings is 1. The van der Waals surface area contributed by atoms with E-state index in [-0.39, 0.29) is 0 Å². The summed E-state index contributed by atoms with van der Waals surface area (Å²) >= 11 is 6.21. The Kier molecular flexibility index (Phi) is 3.76. The van der Waals surface area contributed by atoms with Crippen molar-refractivity contribution in [1.82, 2.24) is 34.5 Å². The predicted octanol–water partition coefficient (Wildman–Crippen LogP) is 2.38. The van der Waals surface area contributed by atoms with Crippen LogP contribution in [0.25, 0.3) is 28.6 Å². The Bertz CT molecular complexity index is 1130. The van der Waals surface area contributed by atoms with Gasteiger partial charge >= 0.3 is 0 Å². The van der Waals surface area contributed by atoms with Crippen molar-refractivity contribution in [2.75, 3.05) is 13.7 Å². The van der Waals surface area contributed by atoms with Gasteiger partial charge in [0.05, 0.1) is 31.0 Å². The number of rotatable bonds is 4. The van der Waals surface area contributed by atoms with Gasteiger partial charge in [0.2, 0.25) is 11.7 Å². The normalized spacial score (nSPS) is 12.4. The van der Waals surface area contributed by atoms with Crippen molar-refractivity contribution in [2.45, 2.75) is 13.0 Å². The molecule has 1 aromatic carbocycles. The summed E-state index contributed by atoms with van der Waals surface area (Å²) in [5, 5.41) is 9.06. The average molecular weight is 384 g/mol. The van der Waals surface area contributed by atoms with Crippen LogP contribution in [-0.4, -0.2) is 48.2 Å². The van der Waals surface area contributed by atoms with Gasteiger partial charge in [-0.05, 0) is 18.2 Å². The van der Waals surface area contributed by atoms with Gasteiger partial charge in [0, 0.05) is 17.7 Å². The van der Waals surface area contributed by atoms with E-state index < -0.39 is 0 Å². The van der Waals surface area contributed by atoms with Crippen molar-refractivity contribution < 1.29 is 9.26 Å². The molecule has 0 unspecified atom stereocenters. The molecule has 136 valence electrons. The van der Waals surface area contributed by atoms with Crippen molar-refractivity contribution in [3.8, 4) is 28.6 Å². The second-order valence-corrected chi connectivity index (χ2v) is 6.50. The Balaban J connectivity index is 1.65. The molecule has 0 spiro atoms. The molecule has 0 fully saturated rings. The summed E-state index contributed by atoms with van der Waals surface area (Å²) in [5.74, 6) is 1.70.